The van der Waals surface area contributed by atoms with Gasteiger partial charge in [-0.1, -0.05) is 17.8 Å². The zero-order chi connectivity index (χ0) is 18.8. The predicted octanol–water partition coefficient (Wildman–Crippen LogP) is 2.20. The van der Waals surface area contributed by atoms with Crippen molar-refractivity contribution in [1.82, 2.24) is 24.6 Å². The number of rotatable bonds is 6. The number of aromatic nitrogens is 3. The minimum absolute atomic E-state index is 0.0989. The third kappa shape index (κ3) is 4.03. The Morgan fingerprint density at radius 2 is 1.93 bits per heavy atom. The number of hydrogen-bond donors (Lipinski definition) is 0. The van der Waals surface area contributed by atoms with Crippen LogP contribution in [0.5, 0.6) is 0 Å². The van der Waals surface area contributed by atoms with Crippen molar-refractivity contribution < 1.29 is 9.59 Å². The summed E-state index contributed by atoms with van der Waals surface area (Å²) in [6, 6.07) is 4.03. The van der Waals surface area contributed by atoms with E-state index in [9.17, 15) is 9.59 Å². The topological polar surface area (TPSA) is 71.3 Å². The third-order valence-electron chi connectivity index (χ3n) is 4.97. The number of carbonyl (C=O) groups excluding carboxylic acids is 2. The average molecular weight is 406 g/mol. The van der Waals surface area contributed by atoms with Gasteiger partial charge in [0.2, 0.25) is 11.8 Å². The van der Waals surface area contributed by atoms with Gasteiger partial charge in [0.25, 0.3) is 0 Å². The number of hydrogen-bond acceptors (Lipinski definition) is 6. The van der Waals surface area contributed by atoms with Crippen molar-refractivity contribution in [2.24, 2.45) is 5.92 Å². The molecule has 0 spiro atoms. The maximum absolute atomic E-state index is 12.6. The molecule has 2 aromatic heterocycles. The Balaban J connectivity index is 1.31. The largest absolute Gasteiger partial charge is 0.339 e. The molecule has 9 heteroatoms. The fraction of sp³-hybridized carbons (Fsp3) is 0.556. The molecule has 2 aromatic rings. The van der Waals surface area contributed by atoms with Gasteiger partial charge in [-0.15, -0.1) is 21.5 Å². The molecule has 1 aliphatic heterocycles. The highest BCUT2D eigenvalue weighted by Gasteiger charge is 2.35. The van der Waals surface area contributed by atoms with Gasteiger partial charge in [-0.2, -0.15) is 0 Å². The zero-order valence-corrected chi connectivity index (χ0v) is 17.0. The highest BCUT2D eigenvalue weighted by atomic mass is 32.2. The normalized spacial score (nSPS) is 17.4. The molecule has 0 aromatic carbocycles. The van der Waals surface area contributed by atoms with Crippen molar-refractivity contribution in [1.29, 1.82) is 0 Å². The molecule has 1 saturated carbocycles. The van der Waals surface area contributed by atoms with Crippen LogP contribution in [-0.4, -0.2) is 68.3 Å². The van der Waals surface area contributed by atoms with Crippen LogP contribution in [0.2, 0.25) is 0 Å². The van der Waals surface area contributed by atoms with Crippen molar-refractivity contribution in [2.75, 3.05) is 31.9 Å². The summed E-state index contributed by atoms with van der Waals surface area (Å²) in [7, 11) is 0. The van der Waals surface area contributed by atoms with Crippen LogP contribution in [0.3, 0.4) is 0 Å². The molecule has 1 aliphatic carbocycles. The van der Waals surface area contributed by atoms with Gasteiger partial charge in [0.15, 0.2) is 11.0 Å². The molecular formula is C18H23N5O2S2. The smallest absolute Gasteiger partial charge is 0.233 e. The minimum Gasteiger partial charge on any atom is -0.339 e. The van der Waals surface area contributed by atoms with Gasteiger partial charge in [-0.05, 0) is 31.2 Å². The number of carbonyl (C=O) groups is 2. The first-order valence-corrected chi connectivity index (χ1v) is 11.2. The van der Waals surface area contributed by atoms with Crippen molar-refractivity contribution in [3.63, 3.8) is 0 Å². The summed E-state index contributed by atoms with van der Waals surface area (Å²) >= 11 is 3.07. The maximum Gasteiger partial charge on any atom is 0.233 e. The fourth-order valence-corrected chi connectivity index (χ4v) is 4.87. The van der Waals surface area contributed by atoms with Crippen LogP contribution in [0, 0.1) is 5.92 Å². The molecule has 2 fully saturated rings. The summed E-state index contributed by atoms with van der Waals surface area (Å²) in [4.78, 5) is 29.5. The van der Waals surface area contributed by atoms with E-state index in [0.717, 1.165) is 35.2 Å². The molecular weight excluding hydrogens is 382 g/mol. The summed E-state index contributed by atoms with van der Waals surface area (Å²) < 4.78 is 2.05. The first-order chi connectivity index (χ1) is 13.2. The van der Waals surface area contributed by atoms with Crippen LogP contribution in [0.4, 0.5) is 0 Å². The number of piperazine rings is 1. The van der Waals surface area contributed by atoms with Gasteiger partial charge in [-0.25, -0.2) is 0 Å². The molecule has 144 valence electrons. The molecule has 2 amide bonds. The van der Waals surface area contributed by atoms with E-state index in [1.54, 1.807) is 11.3 Å². The second-order valence-corrected chi connectivity index (χ2v) is 8.69. The highest BCUT2D eigenvalue weighted by molar-refractivity contribution is 7.99. The summed E-state index contributed by atoms with van der Waals surface area (Å²) in [5.74, 6) is 1.82. The Morgan fingerprint density at radius 3 is 2.56 bits per heavy atom. The third-order valence-corrected chi connectivity index (χ3v) is 6.79. The lowest BCUT2D eigenvalue weighted by molar-refractivity contribution is -0.139. The quantitative estimate of drug-likeness (QED) is 0.689. The van der Waals surface area contributed by atoms with Gasteiger partial charge < -0.3 is 14.4 Å². The molecule has 3 heterocycles. The van der Waals surface area contributed by atoms with Crippen LogP contribution in [0.15, 0.2) is 22.7 Å². The Hall–Kier alpha value is -1.87. The molecule has 1 saturated heterocycles. The van der Waals surface area contributed by atoms with Gasteiger partial charge in [0.1, 0.15) is 0 Å². The molecule has 7 nitrogen and oxygen atoms in total. The number of nitrogens with zero attached hydrogens (tertiary/aromatic N) is 5. The van der Waals surface area contributed by atoms with Crippen LogP contribution >= 0.6 is 23.1 Å². The molecule has 0 bridgehead atoms. The molecule has 2 aliphatic rings. The standard InChI is InChI=1S/C18H23N5O2S2/c1-2-23-16(14-4-3-11-26-14)19-20-18(23)27-12-15(24)21-7-9-22(10-8-21)17(25)13-5-6-13/h3-4,11,13H,2,5-10,12H2,1H3. The molecule has 4 rings (SSSR count). The van der Waals surface area contributed by atoms with Crippen molar-refractivity contribution in [3.8, 4) is 10.7 Å². The molecule has 0 atom stereocenters. The van der Waals surface area contributed by atoms with Gasteiger partial charge in [0.05, 0.1) is 10.6 Å². The second kappa shape index (κ2) is 8.02. The number of thioether (sulfide) groups is 1. The van der Waals surface area contributed by atoms with E-state index < -0.39 is 0 Å². The monoisotopic (exact) mass is 405 g/mol. The van der Waals surface area contributed by atoms with Crippen LogP contribution in [0.1, 0.15) is 19.8 Å². The average Bonchev–Trinajstić information content (AvgIpc) is 3.25. The lowest BCUT2D eigenvalue weighted by atomic mass is 10.2. The highest BCUT2D eigenvalue weighted by Crippen LogP contribution is 2.31. The molecule has 0 unspecified atom stereocenters. The van der Waals surface area contributed by atoms with E-state index in [1.165, 1.54) is 11.8 Å². The summed E-state index contributed by atoms with van der Waals surface area (Å²) in [6.07, 6.45) is 2.06. The lowest BCUT2D eigenvalue weighted by Crippen LogP contribution is -2.51. The van der Waals surface area contributed by atoms with E-state index in [0.29, 0.717) is 31.9 Å². The van der Waals surface area contributed by atoms with Gasteiger partial charge in [0, 0.05) is 38.6 Å². The zero-order valence-electron chi connectivity index (χ0n) is 15.3. The van der Waals surface area contributed by atoms with Crippen LogP contribution in [0.25, 0.3) is 10.7 Å². The minimum atomic E-state index is 0.0989. The van der Waals surface area contributed by atoms with E-state index in [4.69, 9.17) is 0 Å². The summed E-state index contributed by atoms with van der Waals surface area (Å²) in [6.45, 7) is 5.37. The van der Waals surface area contributed by atoms with E-state index in [-0.39, 0.29) is 17.7 Å². The van der Waals surface area contributed by atoms with Crippen molar-refractivity contribution in [2.45, 2.75) is 31.5 Å². The number of amides is 2. The van der Waals surface area contributed by atoms with Crippen molar-refractivity contribution in [3.05, 3.63) is 17.5 Å². The lowest BCUT2D eigenvalue weighted by Gasteiger charge is -2.34. The Labute approximate surface area is 166 Å². The SMILES string of the molecule is CCn1c(SCC(=O)N2CCN(C(=O)C3CC3)CC2)nnc1-c1cccs1. The predicted molar refractivity (Wildman–Crippen MR) is 106 cm³/mol. The maximum atomic E-state index is 12.6. The number of thiophene rings is 1. The molecule has 0 N–H and O–H groups in total. The fourth-order valence-electron chi connectivity index (χ4n) is 3.25. The Morgan fingerprint density at radius 1 is 1.19 bits per heavy atom. The first kappa shape index (κ1) is 18.5. The van der Waals surface area contributed by atoms with Gasteiger partial charge >= 0.3 is 0 Å². The summed E-state index contributed by atoms with van der Waals surface area (Å²) in [5.41, 5.74) is 0. The van der Waals surface area contributed by atoms with Crippen LogP contribution in [-0.2, 0) is 16.1 Å². The molecule has 27 heavy (non-hydrogen) atoms. The van der Waals surface area contributed by atoms with Crippen molar-refractivity contribution >= 4 is 34.9 Å². The summed E-state index contributed by atoms with van der Waals surface area (Å²) in [5, 5.41) is 11.4. The Bertz CT molecular complexity index is 808. The molecule has 0 radical (unpaired) electrons. The first-order valence-electron chi connectivity index (χ1n) is 9.33. The van der Waals surface area contributed by atoms with Crippen LogP contribution < -0.4 is 0 Å². The van der Waals surface area contributed by atoms with E-state index >= 15 is 0 Å². The van der Waals surface area contributed by atoms with E-state index in [1.807, 2.05) is 27.3 Å². The Kier molecular flexibility index (Phi) is 5.49. The second-order valence-electron chi connectivity index (χ2n) is 6.80. The van der Waals surface area contributed by atoms with Gasteiger partial charge in [-0.3, -0.25) is 9.59 Å². The van der Waals surface area contributed by atoms with E-state index in [2.05, 4.69) is 21.7 Å².